The number of urea groups is 1. The topological polar surface area (TPSA) is 84.2 Å². The molecule has 0 unspecified atom stereocenters. The molecule has 4 rings (SSSR count). The average Bonchev–Trinajstić information content (AvgIpc) is 3.36. The number of anilines is 1. The Balaban J connectivity index is 1.54. The van der Waals surface area contributed by atoms with Crippen LogP contribution in [0.5, 0.6) is 0 Å². The van der Waals surface area contributed by atoms with Gasteiger partial charge in [-0.2, -0.15) is 0 Å². The van der Waals surface area contributed by atoms with Gasteiger partial charge in [-0.25, -0.2) is 9.18 Å². The van der Waals surface area contributed by atoms with E-state index in [4.69, 9.17) is 5.73 Å². The number of carbonyl (C=O) groups excluding carboxylic acids is 2. The Morgan fingerprint density at radius 1 is 1.08 bits per heavy atom. The number of fused-ring (bicyclic) bond motifs is 2. The molecule has 0 spiro atoms. The molecule has 0 saturated carbocycles. The number of hydrogen-bond acceptors (Lipinski definition) is 4. The van der Waals surface area contributed by atoms with Crippen molar-refractivity contribution in [2.24, 2.45) is 5.73 Å². The van der Waals surface area contributed by atoms with E-state index in [2.05, 4.69) is 10.0 Å². The van der Waals surface area contributed by atoms with Gasteiger partial charge in [-0.3, -0.25) is 9.52 Å². The summed E-state index contributed by atoms with van der Waals surface area (Å²) in [6.07, 6.45) is 4.87. The quantitative estimate of drug-likeness (QED) is 0.693. The number of hydrogen-bond donors (Lipinski definition) is 3. The summed E-state index contributed by atoms with van der Waals surface area (Å²) in [4.78, 5) is 24.8. The highest BCUT2D eigenvalue weighted by Gasteiger charge is 2.29. The van der Waals surface area contributed by atoms with Gasteiger partial charge in [0, 0.05) is 5.69 Å². The minimum absolute atomic E-state index is 0.0605. The van der Waals surface area contributed by atoms with Gasteiger partial charge in [0.1, 0.15) is 10.7 Å². The third-order valence-corrected chi connectivity index (χ3v) is 6.82. The molecule has 8 heteroatoms. The Morgan fingerprint density at radius 3 is 2.31 bits per heavy atom. The fourth-order valence-corrected chi connectivity index (χ4v) is 5.42. The van der Waals surface area contributed by atoms with E-state index in [0.717, 1.165) is 78.4 Å². The summed E-state index contributed by atoms with van der Waals surface area (Å²) < 4.78 is 17.4. The smallest absolute Gasteiger partial charge is 0.329 e. The monoisotopic (exact) mass is 391 g/mol. The average molecular weight is 391 g/mol. The number of thiophene rings is 1. The minimum Gasteiger partial charge on any atom is -0.365 e. The first-order chi connectivity index (χ1) is 12.6. The molecule has 0 saturated heterocycles. The largest absolute Gasteiger partial charge is 0.365 e. The summed E-state index contributed by atoms with van der Waals surface area (Å²) in [6, 6.07) is 1.36. The maximum atomic E-state index is 14.7. The van der Waals surface area contributed by atoms with Gasteiger partial charge >= 0.3 is 6.03 Å². The number of primary amides is 1. The highest BCUT2D eigenvalue weighted by atomic mass is 32.2. The van der Waals surface area contributed by atoms with Gasteiger partial charge in [-0.05, 0) is 84.2 Å². The number of nitrogens with one attached hydrogen (secondary N) is 2. The molecule has 1 heterocycles. The number of benzene rings is 1. The second kappa shape index (κ2) is 6.92. The van der Waals surface area contributed by atoms with Crippen LogP contribution in [0.4, 0.5) is 14.9 Å². The Kier molecular flexibility index (Phi) is 4.62. The first kappa shape index (κ1) is 17.4. The van der Waals surface area contributed by atoms with Crippen molar-refractivity contribution in [1.82, 2.24) is 4.72 Å². The van der Waals surface area contributed by atoms with E-state index >= 15 is 0 Å². The molecule has 0 aliphatic heterocycles. The van der Waals surface area contributed by atoms with E-state index in [9.17, 15) is 14.0 Å². The molecule has 136 valence electrons. The van der Waals surface area contributed by atoms with Crippen LogP contribution in [0.2, 0.25) is 0 Å². The number of amides is 3. The number of halogens is 1. The van der Waals surface area contributed by atoms with Gasteiger partial charge < -0.3 is 11.1 Å². The van der Waals surface area contributed by atoms with Crippen molar-refractivity contribution in [2.75, 3.05) is 5.32 Å². The van der Waals surface area contributed by atoms with Crippen LogP contribution in [0.3, 0.4) is 0 Å². The summed E-state index contributed by atoms with van der Waals surface area (Å²) in [5, 5.41) is 4.68. The van der Waals surface area contributed by atoms with Gasteiger partial charge in [0.2, 0.25) is 0 Å². The highest BCUT2D eigenvalue weighted by molar-refractivity contribution is 7.98. The lowest BCUT2D eigenvalue weighted by Gasteiger charge is -2.17. The van der Waals surface area contributed by atoms with Gasteiger partial charge in [0.15, 0.2) is 0 Å². The third-order valence-electron chi connectivity index (χ3n) is 4.91. The maximum absolute atomic E-state index is 14.7. The summed E-state index contributed by atoms with van der Waals surface area (Å²) in [7, 11) is 0. The minimum atomic E-state index is -0.515. The Bertz CT molecular complexity index is 875. The molecule has 26 heavy (non-hydrogen) atoms. The predicted octanol–water partition coefficient (Wildman–Crippen LogP) is 3.79. The predicted molar refractivity (Wildman–Crippen MR) is 101 cm³/mol. The number of nitrogens with two attached hydrogens (primary N) is 1. The van der Waals surface area contributed by atoms with Crippen molar-refractivity contribution in [3.63, 3.8) is 0 Å². The number of rotatable bonds is 4. The van der Waals surface area contributed by atoms with E-state index in [1.165, 1.54) is 11.3 Å². The highest BCUT2D eigenvalue weighted by Crippen LogP contribution is 2.41. The molecule has 5 nitrogen and oxygen atoms in total. The van der Waals surface area contributed by atoms with Crippen molar-refractivity contribution in [1.29, 1.82) is 0 Å². The molecule has 1 aromatic heterocycles. The molecule has 0 fully saturated rings. The molecule has 1 aromatic carbocycles. The summed E-state index contributed by atoms with van der Waals surface area (Å²) in [5.41, 5.74) is 9.52. The molecule has 2 aromatic rings. The molecule has 2 aliphatic carbocycles. The molecule has 0 radical (unpaired) electrons. The van der Waals surface area contributed by atoms with Crippen LogP contribution in [0, 0.1) is 5.82 Å². The third kappa shape index (κ3) is 2.97. The van der Waals surface area contributed by atoms with Crippen LogP contribution in [-0.4, -0.2) is 11.9 Å². The van der Waals surface area contributed by atoms with Crippen molar-refractivity contribution in [3.8, 4) is 0 Å². The van der Waals surface area contributed by atoms with Gasteiger partial charge in [0.05, 0.1) is 4.90 Å². The molecule has 2 aliphatic rings. The number of carbonyl (C=O) groups is 2. The summed E-state index contributed by atoms with van der Waals surface area (Å²) in [5.74, 6) is -0.575. The van der Waals surface area contributed by atoms with Crippen molar-refractivity contribution < 1.29 is 14.0 Å². The van der Waals surface area contributed by atoms with E-state index in [0.29, 0.717) is 9.77 Å². The standard InChI is InChI=1S/C18H18FN3O2S2/c19-14-9-3-1-5-11(9)15(12-6-2-4-10(12)14)21-18(24)22-26-13-7-8-25-16(13)17(20)23/h7-8H,1-6H2,(H2,20,23)(H2,21,22,24). The second-order valence-electron chi connectivity index (χ2n) is 6.45. The van der Waals surface area contributed by atoms with Crippen molar-refractivity contribution in [3.05, 3.63) is 44.4 Å². The van der Waals surface area contributed by atoms with E-state index in [1.54, 1.807) is 11.4 Å². The van der Waals surface area contributed by atoms with Gasteiger partial charge in [0.25, 0.3) is 5.91 Å². The van der Waals surface area contributed by atoms with Crippen LogP contribution >= 0.6 is 23.3 Å². The van der Waals surface area contributed by atoms with E-state index < -0.39 is 5.91 Å². The van der Waals surface area contributed by atoms with Crippen LogP contribution in [0.15, 0.2) is 16.3 Å². The lowest BCUT2D eigenvalue weighted by atomic mass is 9.98. The Labute approximate surface area is 158 Å². The zero-order chi connectivity index (χ0) is 18.3. The lowest BCUT2D eigenvalue weighted by molar-refractivity contribution is 0.100. The Morgan fingerprint density at radius 2 is 1.69 bits per heavy atom. The zero-order valence-corrected chi connectivity index (χ0v) is 15.6. The second-order valence-corrected chi connectivity index (χ2v) is 8.21. The molecule has 3 amide bonds. The maximum Gasteiger partial charge on any atom is 0.329 e. The molecule has 0 bridgehead atoms. The fraction of sp³-hybridized carbons (Fsp3) is 0.333. The van der Waals surface area contributed by atoms with Crippen molar-refractivity contribution >= 4 is 40.9 Å². The van der Waals surface area contributed by atoms with Gasteiger partial charge in [-0.1, -0.05) is 0 Å². The Hall–Kier alpha value is -2.06. The molecule has 0 atom stereocenters. The molecular formula is C18H18FN3O2S2. The molecule has 4 N–H and O–H groups in total. The van der Waals surface area contributed by atoms with Crippen LogP contribution < -0.4 is 15.8 Å². The zero-order valence-electron chi connectivity index (χ0n) is 14.0. The SMILES string of the molecule is NC(=O)c1sccc1SNC(=O)Nc1c2c(c(F)c3c1CCC3)CCC2. The van der Waals surface area contributed by atoms with Crippen LogP contribution in [0.25, 0.3) is 0 Å². The molecular weight excluding hydrogens is 373 g/mol. The lowest BCUT2D eigenvalue weighted by Crippen LogP contribution is -2.25. The normalized spacial score (nSPS) is 14.8. The van der Waals surface area contributed by atoms with E-state index in [-0.39, 0.29) is 11.8 Å². The van der Waals surface area contributed by atoms with E-state index in [1.807, 2.05) is 0 Å². The van der Waals surface area contributed by atoms with Gasteiger partial charge in [-0.15, -0.1) is 11.3 Å². The first-order valence-electron chi connectivity index (χ1n) is 8.52. The fourth-order valence-electron chi connectivity index (χ4n) is 3.84. The first-order valence-corrected chi connectivity index (χ1v) is 10.2. The summed E-state index contributed by atoms with van der Waals surface area (Å²) >= 11 is 2.29. The van der Waals surface area contributed by atoms with Crippen molar-refractivity contribution in [2.45, 2.75) is 43.4 Å². The van der Waals surface area contributed by atoms with Crippen LogP contribution in [-0.2, 0) is 25.7 Å². The van der Waals surface area contributed by atoms with Crippen LogP contribution in [0.1, 0.15) is 44.8 Å². The summed E-state index contributed by atoms with van der Waals surface area (Å²) in [6.45, 7) is 0.